The van der Waals surface area contributed by atoms with Gasteiger partial charge in [0.15, 0.2) is 5.82 Å². The molecule has 4 N–H and O–H groups in total. The van der Waals surface area contributed by atoms with Gasteiger partial charge in [0.05, 0.1) is 6.33 Å². The maximum atomic E-state index is 11.3. The van der Waals surface area contributed by atoms with E-state index < -0.39 is 0 Å². The number of rotatable bonds is 2. The van der Waals surface area contributed by atoms with Gasteiger partial charge in [0.2, 0.25) is 0 Å². The van der Waals surface area contributed by atoms with Crippen molar-refractivity contribution in [2.45, 2.75) is 12.8 Å². The van der Waals surface area contributed by atoms with Crippen LogP contribution in [0.5, 0.6) is 0 Å². The van der Waals surface area contributed by atoms with Crippen molar-refractivity contribution in [3.05, 3.63) is 16.7 Å². The van der Waals surface area contributed by atoms with Crippen molar-refractivity contribution in [3.8, 4) is 0 Å². The van der Waals surface area contributed by atoms with Crippen molar-refractivity contribution in [3.63, 3.8) is 0 Å². The van der Waals surface area contributed by atoms with Gasteiger partial charge in [-0.2, -0.15) is 0 Å². The summed E-state index contributed by atoms with van der Waals surface area (Å²) in [6.45, 7) is 1.80. The van der Waals surface area contributed by atoms with Crippen LogP contribution in [-0.2, 0) is 0 Å². The third kappa shape index (κ3) is 2.01. The fourth-order valence-electron chi connectivity index (χ4n) is 1.98. The van der Waals surface area contributed by atoms with E-state index in [1.807, 2.05) is 4.90 Å². The van der Waals surface area contributed by atoms with Crippen LogP contribution in [0.25, 0.3) is 0 Å². The number of hydrogen-bond donors (Lipinski definition) is 3. The lowest BCUT2D eigenvalue weighted by molar-refractivity contribution is 0.203. The second kappa shape index (κ2) is 4.52. The highest BCUT2D eigenvalue weighted by Crippen LogP contribution is 2.23. The Morgan fingerprint density at radius 3 is 2.88 bits per heavy atom. The molecule has 1 aliphatic heterocycles. The average Bonchev–Trinajstić information content (AvgIpc) is 2.33. The highest BCUT2D eigenvalue weighted by atomic mass is 16.3. The number of aliphatic hydroxyl groups excluding tert-OH is 1. The van der Waals surface area contributed by atoms with E-state index in [0.29, 0.717) is 11.7 Å². The minimum absolute atomic E-state index is 0.171. The number of hydrogen-bond acceptors (Lipinski definition) is 5. The number of aliphatic hydroxyl groups is 1. The van der Waals surface area contributed by atoms with Crippen molar-refractivity contribution < 1.29 is 5.11 Å². The van der Waals surface area contributed by atoms with Crippen molar-refractivity contribution in [1.82, 2.24) is 9.97 Å². The number of piperidine rings is 1. The number of anilines is 2. The number of H-pyrrole nitrogens is 1. The van der Waals surface area contributed by atoms with Crippen LogP contribution in [0.2, 0.25) is 0 Å². The minimum atomic E-state index is -0.297. The number of nitrogen functional groups attached to an aromatic ring is 1. The van der Waals surface area contributed by atoms with Crippen molar-refractivity contribution in [2.24, 2.45) is 5.92 Å². The molecule has 0 bridgehead atoms. The number of nitrogens with one attached hydrogen (secondary N) is 1. The second-order valence-electron chi connectivity index (χ2n) is 4.08. The Morgan fingerprint density at radius 1 is 1.56 bits per heavy atom. The monoisotopic (exact) mass is 224 g/mol. The fraction of sp³-hybridized carbons (Fsp3) is 0.600. The topological polar surface area (TPSA) is 95.2 Å². The molecule has 0 radical (unpaired) electrons. The van der Waals surface area contributed by atoms with Gasteiger partial charge < -0.3 is 20.7 Å². The van der Waals surface area contributed by atoms with Crippen LogP contribution in [-0.4, -0.2) is 34.8 Å². The van der Waals surface area contributed by atoms with E-state index in [1.165, 1.54) is 6.33 Å². The maximum absolute atomic E-state index is 11.3. The molecule has 0 atom stereocenters. The van der Waals surface area contributed by atoms with E-state index in [4.69, 9.17) is 10.8 Å². The lowest BCUT2D eigenvalue weighted by atomic mass is 9.98. The normalized spacial score (nSPS) is 17.7. The molecule has 0 spiro atoms. The molecule has 0 aromatic carbocycles. The van der Waals surface area contributed by atoms with Gasteiger partial charge in [0.25, 0.3) is 5.56 Å². The summed E-state index contributed by atoms with van der Waals surface area (Å²) in [7, 11) is 0. The van der Waals surface area contributed by atoms with Crippen LogP contribution in [0.3, 0.4) is 0 Å². The molecule has 1 fully saturated rings. The van der Waals surface area contributed by atoms with Crippen LogP contribution in [0, 0.1) is 5.92 Å². The summed E-state index contributed by atoms with van der Waals surface area (Å²) in [4.78, 5) is 19.8. The van der Waals surface area contributed by atoms with E-state index in [0.717, 1.165) is 25.9 Å². The molecule has 0 amide bonds. The first-order valence-corrected chi connectivity index (χ1v) is 5.41. The number of aromatic amines is 1. The molecular weight excluding hydrogens is 208 g/mol. The maximum Gasteiger partial charge on any atom is 0.276 e. The molecule has 0 unspecified atom stereocenters. The highest BCUT2D eigenvalue weighted by molar-refractivity contribution is 5.60. The molecule has 2 heterocycles. The average molecular weight is 224 g/mol. The smallest absolute Gasteiger partial charge is 0.276 e. The first-order valence-electron chi connectivity index (χ1n) is 5.41. The summed E-state index contributed by atoms with van der Waals surface area (Å²) < 4.78 is 0. The summed E-state index contributed by atoms with van der Waals surface area (Å²) in [5.41, 5.74) is 5.56. The van der Waals surface area contributed by atoms with Gasteiger partial charge in [-0.3, -0.25) is 4.79 Å². The van der Waals surface area contributed by atoms with E-state index >= 15 is 0 Å². The van der Waals surface area contributed by atoms with Crippen molar-refractivity contribution >= 4 is 11.5 Å². The van der Waals surface area contributed by atoms with Gasteiger partial charge in [-0.1, -0.05) is 0 Å². The van der Waals surface area contributed by atoms with Crippen LogP contribution < -0.4 is 16.2 Å². The summed E-state index contributed by atoms with van der Waals surface area (Å²) in [5, 5.41) is 9.03. The number of nitrogens with two attached hydrogens (primary N) is 1. The Morgan fingerprint density at radius 2 is 2.25 bits per heavy atom. The zero-order valence-electron chi connectivity index (χ0n) is 9.02. The molecular formula is C10H16N4O2. The van der Waals surface area contributed by atoms with Crippen LogP contribution in [0.1, 0.15) is 12.8 Å². The quantitative estimate of drug-likeness (QED) is 0.633. The van der Waals surface area contributed by atoms with Gasteiger partial charge >= 0.3 is 0 Å². The molecule has 6 heteroatoms. The molecule has 16 heavy (non-hydrogen) atoms. The molecule has 88 valence electrons. The van der Waals surface area contributed by atoms with Crippen LogP contribution >= 0.6 is 0 Å². The Bertz CT molecular complexity index is 410. The molecule has 6 nitrogen and oxygen atoms in total. The van der Waals surface area contributed by atoms with Crippen molar-refractivity contribution in [2.75, 3.05) is 30.3 Å². The first kappa shape index (κ1) is 10.9. The van der Waals surface area contributed by atoms with Crippen LogP contribution in [0.4, 0.5) is 11.5 Å². The molecule has 2 rings (SSSR count). The van der Waals surface area contributed by atoms with Gasteiger partial charge in [0, 0.05) is 19.7 Å². The third-order valence-electron chi connectivity index (χ3n) is 3.04. The van der Waals surface area contributed by atoms with E-state index in [1.54, 1.807) is 0 Å². The summed E-state index contributed by atoms with van der Waals surface area (Å²) in [6.07, 6.45) is 3.18. The molecule has 1 aliphatic rings. The Kier molecular flexibility index (Phi) is 3.09. The zero-order valence-corrected chi connectivity index (χ0v) is 9.02. The molecule has 1 saturated heterocycles. The highest BCUT2D eigenvalue weighted by Gasteiger charge is 2.21. The zero-order chi connectivity index (χ0) is 11.5. The van der Waals surface area contributed by atoms with Crippen molar-refractivity contribution in [1.29, 1.82) is 0 Å². The Balaban J connectivity index is 2.14. The lowest BCUT2D eigenvalue weighted by Gasteiger charge is -2.32. The first-order chi connectivity index (χ1) is 7.72. The van der Waals surface area contributed by atoms with Crippen LogP contribution in [0.15, 0.2) is 11.1 Å². The molecule has 1 aromatic heterocycles. The van der Waals surface area contributed by atoms with Gasteiger partial charge in [0.1, 0.15) is 5.69 Å². The van der Waals surface area contributed by atoms with E-state index in [-0.39, 0.29) is 17.9 Å². The Hall–Kier alpha value is -1.56. The van der Waals surface area contributed by atoms with E-state index in [2.05, 4.69) is 9.97 Å². The SMILES string of the molecule is Nc1c(N2CCC(CO)CC2)nc[nH]c1=O. The molecule has 0 saturated carbocycles. The summed E-state index contributed by atoms with van der Waals surface area (Å²) >= 11 is 0. The minimum Gasteiger partial charge on any atom is -0.396 e. The van der Waals surface area contributed by atoms with E-state index in [9.17, 15) is 4.79 Å². The standard InChI is InChI=1S/C10H16N4O2/c11-8-9(12-6-13-10(8)16)14-3-1-7(5-15)2-4-14/h6-7,15H,1-5,11H2,(H,12,13,16). The lowest BCUT2D eigenvalue weighted by Crippen LogP contribution is -2.36. The summed E-state index contributed by atoms with van der Waals surface area (Å²) in [5.74, 6) is 0.916. The third-order valence-corrected chi connectivity index (χ3v) is 3.04. The largest absolute Gasteiger partial charge is 0.396 e. The summed E-state index contributed by atoms with van der Waals surface area (Å²) in [6, 6.07) is 0. The fourth-order valence-corrected chi connectivity index (χ4v) is 1.98. The predicted molar refractivity (Wildman–Crippen MR) is 61.3 cm³/mol. The second-order valence-corrected chi connectivity index (χ2v) is 4.08. The number of aromatic nitrogens is 2. The molecule has 1 aromatic rings. The van der Waals surface area contributed by atoms with Gasteiger partial charge in [-0.05, 0) is 18.8 Å². The van der Waals surface area contributed by atoms with Gasteiger partial charge in [-0.15, -0.1) is 0 Å². The Labute approximate surface area is 93.1 Å². The van der Waals surface area contributed by atoms with Gasteiger partial charge in [-0.25, -0.2) is 4.98 Å². The predicted octanol–water partition coefficient (Wildman–Crippen LogP) is -0.439. The molecule has 0 aliphatic carbocycles. The number of nitrogens with zero attached hydrogens (tertiary/aromatic N) is 2.